The van der Waals surface area contributed by atoms with Crippen molar-refractivity contribution in [2.45, 2.75) is 0 Å². The lowest BCUT2D eigenvalue weighted by Crippen LogP contribution is -1.96. The van der Waals surface area contributed by atoms with Crippen LogP contribution in [-0.4, -0.2) is 0 Å². The number of hydrogen-bond donors (Lipinski definition) is 2. The van der Waals surface area contributed by atoms with Crippen LogP contribution in [0.5, 0.6) is 0 Å². The first-order valence-corrected chi connectivity index (χ1v) is 3.40. The summed E-state index contributed by atoms with van der Waals surface area (Å²) in [6, 6.07) is 2.93. The Morgan fingerprint density at radius 3 is 2.00 bits per heavy atom. The Morgan fingerprint density at radius 1 is 1.20 bits per heavy atom. The SMILES string of the molecule is Nc1cc(Br)cc(N)c1F. The first-order valence-electron chi connectivity index (χ1n) is 2.61. The van der Waals surface area contributed by atoms with E-state index in [4.69, 9.17) is 11.5 Å². The highest BCUT2D eigenvalue weighted by molar-refractivity contribution is 9.10. The van der Waals surface area contributed by atoms with Crippen LogP contribution in [0, 0.1) is 5.82 Å². The van der Waals surface area contributed by atoms with Crippen molar-refractivity contribution >= 4 is 27.3 Å². The minimum absolute atomic E-state index is 0.0619. The molecule has 0 aliphatic carbocycles. The van der Waals surface area contributed by atoms with E-state index in [-0.39, 0.29) is 11.4 Å². The molecule has 2 nitrogen and oxygen atoms in total. The third-order valence-corrected chi connectivity index (χ3v) is 1.55. The predicted molar refractivity (Wildman–Crippen MR) is 42.9 cm³/mol. The van der Waals surface area contributed by atoms with Crippen LogP contribution in [0.1, 0.15) is 0 Å². The van der Waals surface area contributed by atoms with Gasteiger partial charge in [-0.25, -0.2) is 4.39 Å². The van der Waals surface area contributed by atoms with Crippen molar-refractivity contribution in [3.05, 3.63) is 22.4 Å². The monoisotopic (exact) mass is 204 g/mol. The third kappa shape index (κ3) is 1.21. The van der Waals surface area contributed by atoms with E-state index in [1.54, 1.807) is 0 Å². The fourth-order valence-electron chi connectivity index (χ4n) is 0.632. The number of benzene rings is 1. The van der Waals surface area contributed by atoms with Gasteiger partial charge in [0.1, 0.15) is 0 Å². The Kier molecular flexibility index (Phi) is 1.80. The van der Waals surface area contributed by atoms with E-state index in [9.17, 15) is 4.39 Å². The number of nitrogens with two attached hydrogens (primary N) is 2. The molecule has 1 aromatic rings. The minimum atomic E-state index is -0.553. The van der Waals surface area contributed by atoms with E-state index in [1.165, 1.54) is 12.1 Å². The molecular weight excluding hydrogens is 199 g/mol. The van der Waals surface area contributed by atoms with Crippen LogP contribution in [0.3, 0.4) is 0 Å². The summed E-state index contributed by atoms with van der Waals surface area (Å²) in [6.45, 7) is 0. The van der Waals surface area contributed by atoms with Crippen molar-refractivity contribution in [2.24, 2.45) is 0 Å². The van der Waals surface area contributed by atoms with Gasteiger partial charge < -0.3 is 11.5 Å². The molecule has 10 heavy (non-hydrogen) atoms. The largest absolute Gasteiger partial charge is 0.396 e. The van der Waals surface area contributed by atoms with Gasteiger partial charge in [0.05, 0.1) is 11.4 Å². The molecule has 0 amide bonds. The van der Waals surface area contributed by atoms with Gasteiger partial charge in [0.2, 0.25) is 0 Å². The normalized spacial score (nSPS) is 9.80. The van der Waals surface area contributed by atoms with Crippen LogP contribution < -0.4 is 11.5 Å². The number of halogens is 2. The standard InChI is InChI=1S/C6H6BrFN2/c7-3-1-4(9)6(8)5(10)2-3/h1-2H,9-10H2. The first kappa shape index (κ1) is 7.34. The van der Waals surface area contributed by atoms with Crippen LogP contribution in [0.4, 0.5) is 15.8 Å². The Balaban J connectivity index is 3.31. The van der Waals surface area contributed by atoms with Gasteiger partial charge in [0.25, 0.3) is 0 Å². The van der Waals surface area contributed by atoms with Gasteiger partial charge in [-0.3, -0.25) is 0 Å². The zero-order valence-corrected chi connectivity index (χ0v) is 6.65. The van der Waals surface area contributed by atoms with Gasteiger partial charge >= 0.3 is 0 Å². The quantitative estimate of drug-likeness (QED) is 0.634. The van der Waals surface area contributed by atoms with Crippen LogP contribution in [-0.2, 0) is 0 Å². The molecule has 0 saturated heterocycles. The van der Waals surface area contributed by atoms with Crippen molar-refractivity contribution in [3.8, 4) is 0 Å². The Labute approximate surface area is 66.1 Å². The average Bonchev–Trinajstić information content (AvgIpc) is 1.82. The van der Waals surface area contributed by atoms with Crippen molar-refractivity contribution < 1.29 is 4.39 Å². The zero-order chi connectivity index (χ0) is 7.72. The second-order valence-corrected chi connectivity index (χ2v) is 2.81. The highest BCUT2D eigenvalue weighted by Crippen LogP contribution is 2.22. The molecule has 0 heterocycles. The average molecular weight is 205 g/mol. The van der Waals surface area contributed by atoms with Crippen molar-refractivity contribution in [1.82, 2.24) is 0 Å². The molecule has 54 valence electrons. The summed E-state index contributed by atoms with van der Waals surface area (Å²) >= 11 is 3.12. The molecule has 1 rings (SSSR count). The van der Waals surface area contributed by atoms with Crippen molar-refractivity contribution in [1.29, 1.82) is 0 Å². The molecular formula is C6H6BrFN2. The maximum absolute atomic E-state index is 12.6. The lowest BCUT2D eigenvalue weighted by Gasteiger charge is -1.99. The highest BCUT2D eigenvalue weighted by atomic mass is 79.9. The van der Waals surface area contributed by atoms with Crippen LogP contribution >= 0.6 is 15.9 Å². The molecule has 0 atom stereocenters. The number of hydrogen-bond acceptors (Lipinski definition) is 2. The molecule has 0 fully saturated rings. The summed E-state index contributed by atoms with van der Waals surface area (Å²) in [5.74, 6) is -0.553. The fraction of sp³-hybridized carbons (Fsp3) is 0. The maximum Gasteiger partial charge on any atom is 0.168 e. The van der Waals surface area contributed by atoms with Gasteiger partial charge in [-0.2, -0.15) is 0 Å². The number of rotatable bonds is 0. The van der Waals surface area contributed by atoms with Crippen LogP contribution in [0.15, 0.2) is 16.6 Å². The van der Waals surface area contributed by atoms with E-state index in [0.29, 0.717) is 4.47 Å². The summed E-state index contributed by atoms with van der Waals surface area (Å²) in [7, 11) is 0. The molecule has 4 N–H and O–H groups in total. The number of anilines is 2. The fourth-order valence-corrected chi connectivity index (χ4v) is 1.13. The van der Waals surface area contributed by atoms with Crippen LogP contribution in [0.2, 0.25) is 0 Å². The Morgan fingerprint density at radius 2 is 1.60 bits per heavy atom. The summed E-state index contributed by atoms with van der Waals surface area (Å²) in [6.07, 6.45) is 0. The summed E-state index contributed by atoms with van der Waals surface area (Å²) in [5, 5.41) is 0. The van der Waals surface area contributed by atoms with E-state index in [2.05, 4.69) is 15.9 Å². The van der Waals surface area contributed by atoms with Gasteiger partial charge in [-0.15, -0.1) is 0 Å². The molecule has 0 unspecified atom stereocenters. The topological polar surface area (TPSA) is 52.0 Å². The van der Waals surface area contributed by atoms with Crippen molar-refractivity contribution in [3.63, 3.8) is 0 Å². The first-order chi connectivity index (χ1) is 4.61. The molecule has 1 aromatic carbocycles. The van der Waals surface area contributed by atoms with E-state index < -0.39 is 5.82 Å². The van der Waals surface area contributed by atoms with E-state index in [0.717, 1.165) is 0 Å². The molecule has 0 aromatic heterocycles. The molecule has 0 bridgehead atoms. The summed E-state index contributed by atoms with van der Waals surface area (Å²) < 4.78 is 13.3. The summed E-state index contributed by atoms with van der Waals surface area (Å²) in [5.41, 5.74) is 10.6. The molecule has 0 radical (unpaired) electrons. The molecule has 0 spiro atoms. The second-order valence-electron chi connectivity index (χ2n) is 1.90. The van der Waals surface area contributed by atoms with E-state index in [1.807, 2.05) is 0 Å². The van der Waals surface area contributed by atoms with Gasteiger partial charge in [0.15, 0.2) is 5.82 Å². The third-order valence-electron chi connectivity index (χ3n) is 1.09. The summed E-state index contributed by atoms with van der Waals surface area (Å²) in [4.78, 5) is 0. The molecule has 4 heteroatoms. The predicted octanol–water partition coefficient (Wildman–Crippen LogP) is 1.75. The lowest BCUT2D eigenvalue weighted by molar-refractivity contribution is 0.637. The molecule has 0 aliphatic rings. The smallest absolute Gasteiger partial charge is 0.168 e. The molecule has 0 saturated carbocycles. The lowest BCUT2D eigenvalue weighted by atomic mass is 10.3. The maximum atomic E-state index is 12.6. The van der Waals surface area contributed by atoms with Crippen molar-refractivity contribution in [2.75, 3.05) is 11.5 Å². The van der Waals surface area contributed by atoms with Gasteiger partial charge in [0, 0.05) is 4.47 Å². The minimum Gasteiger partial charge on any atom is -0.396 e. The van der Waals surface area contributed by atoms with E-state index >= 15 is 0 Å². The second kappa shape index (κ2) is 2.46. The number of nitrogen functional groups attached to an aromatic ring is 2. The Hall–Kier alpha value is -0.770. The van der Waals surface area contributed by atoms with Crippen LogP contribution in [0.25, 0.3) is 0 Å². The van der Waals surface area contributed by atoms with Gasteiger partial charge in [-0.05, 0) is 12.1 Å². The Bertz CT molecular complexity index is 239. The zero-order valence-electron chi connectivity index (χ0n) is 5.07. The highest BCUT2D eigenvalue weighted by Gasteiger charge is 2.02. The van der Waals surface area contributed by atoms with Gasteiger partial charge in [-0.1, -0.05) is 15.9 Å². The molecule has 0 aliphatic heterocycles.